The van der Waals surface area contributed by atoms with E-state index in [0.29, 0.717) is 12.2 Å². The molecular formula is C13H24O2. The minimum atomic E-state index is -0.266. The summed E-state index contributed by atoms with van der Waals surface area (Å²) >= 11 is 0. The van der Waals surface area contributed by atoms with E-state index >= 15 is 0 Å². The quantitative estimate of drug-likeness (QED) is 0.475. The van der Waals surface area contributed by atoms with Crippen molar-refractivity contribution in [1.29, 1.82) is 0 Å². The van der Waals surface area contributed by atoms with Crippen LogP contribution in [0.3, 0.4) is 0 Å². The molecule has 2 heteroatoms. The van der Waals surface area contributed by atoms with Gasteiger partial charge >= 0.3 is 5.97 Å². The molecule has 0 aliphatic carbocycles. The van der Waals surface area contributed by atoms with Crippen LogP contribution in [0, 0.1) is 5.41 Å². The van der Waals surface area contributed by atoms with Crippen molar-refractivity contribution >= 4 is 5.97 Å². The molecule has 88 valence electrons. The van der Waals surface area contributed by atoms with Crippen molar-refractivity contribution in [2.45, 2.75) is 53.4 Å². The van der Waals surface area contributed by atoms with Crippen LogP contribution in [0.5, 0.6) is 0 Å². The molecular weight excluding hydrogens is 188 g/mol. The predicted octanol–water partition coefficient (Wildman–Crippen LogP) is 3.71. The summed E-state index contributed by atoms with van der Waals surface area (Å²) < 4.78 is 5.26. The fourth-order valence-corrected chi connectivity index (χ4v) is 1.75. The molecule has 0 saturated heterocycles. The molecule has 0 bridgehead atoms. The van der Waals surface area contributed by atoms with Gasteiger partial charge in [0.25, 0.3) is 0 Å². The molecule has 0 saturated carbocycles. The molecule has 0 spiro atoms. The van der Waals surface area contributed by atoms with Gasteiger partial charge in [0.15, 0.2) is 0 Å². The van der Waals surface area contributed by atoms with Crippen LogP contribution in [-0.4, -0.2) is 12.6 Å². The number of hydrogen-bond donors (Lipinski definition) is 0. The third kappa shape index (κ3) is 4.50. The predicted molar refractivity (Wildman–Crippen MR) is 63.7 cm³/mol. The normalized spacial score (nSPS) is 11.2. The highest BCUT2D eigenvalue weighted by Gasteiger charge is 2.26. The SMILES string of the molecule is C=C(C)C(=O)OCC(CC)(CC)CCC. The molecule has 0 aromatic heterocycles. The van der Waals surface area contributed by atoms with Gasteiger partial charge in [0, 0.05) is 11.0 Å². The van der Waals surface area contributed by atoms with Crippen LogP contribution < -0.4 is 0 Å². The Morgan fingerprint density at radius 1 is 1.27 bits per heavy atom. The van der Waals surface area contributed by atoms with Gasteiger partial charge in [-0.2, -0.15) is 0 Å². The summed E-state index contributed by atoms with van der Waals surface area (Å²) in [5.41, 5.74) is 0.646. The van der Waals surface area contributed by atoms with E-state index < -0.39 is 0 Å². The second kappa shape index (κ2) is 6.65. The fourth-order valence-electron chi connectivity index (χ4n) is 1.75. The van der Waals surface area contributed by atoms with Gasteiger partial charge < -0.3 is 4.74 Å². The second-order valence-corrected chi connectivity index (χ2v) is 4.31. The van der Waals surface area contributed by atoms with Crippen LogP contribution in [-0.2, 0) is 9.53 Å². The molecule has 2 nitrogen and oxygen atoms in total. The summed E-state index contributed by atoms with van der Waals surface area (Å²) in [5.74, 6) is -0.266. The Balaban J connectivity index is 4.28. The van der Waals surface area contributed by atoms with Gasteiger partial charge in [0.2, 0.25) is 0 Å². The zero-order valence-electron chi connectivity index (χ0n) is 10.6. The molecule has 0 heterocycles. The van der Waals surface area contributed by atoms with E-state index in [2.05, 4.69) is 27.4 Å². The third-order valence-corrected chi connectivity index (χ3v) is 3.14. The van der Waals surface area contributed by atoms with Gasteiger partial charge in [-0.05, 0) is 26.2 Å². The van der Waals surface area contributed by atoms with E-state index in [0.717, 1.165) is 25.7 Å². The zero-order valence-corrected chi connectivity index (χ0v) is 10.6. The van der Waals surface area contributed by atoms with Gasteiger partial charge in [-0.25, -0.2) is 4.79 Å². The van der Waals surface area contributed by atoms with E-state index in [1.165, 1.54) is 0 Å². The molecule has 0 radical (unpaired) electrons. The Kier molecular flexibility index (Phi) is 6.30. The summed E-state index contributed by atoms with van der Waals surface area (Å²) in [6, 6.07) is 0. The minimum absolute atomic E-state index is 0.167. The van der Waals surface area contributed by atoms with Crippen LogP contribution in [0.2, 0.25) is 0 Å². The van der Waals surface area contributed by atoms with Crippen LogP contribution in [0.15, 0.2) is 12.2 Å². The van der Waals surface area contributed by atoms with E-state index in [1.54, 1.807) is 6.92 Å². The Bertz CT molecular complexity index is 215. The molecule has 0 atom stereocenters. The lowest BCUT2D eigenvalue weighted by Crippen LogP contribution is -2.27. The standard InChI is InChI=1S/C13H24O2/c1-6-9-13(7-2,8-3)10-15-12(14)11(4)5/h4,6-10H2,1-3,5H3. The largest absolute Gasteiger partial charge is 0.462 e. The van der Waals surface area contributed by atoms with Gasteiger partial charge in [-0.15, -0.1) is 0 Å². The van der Waals surface area contributed by atoms with Crippen molar-refractivity contribution in [2.24, 2.45) is 5.41 Å². The lowest BCUT2D eigenvalue weighted by molar-refractivity contribution is -0.143. The van der Waals surface area contributed by atoms with Crippen LogP contribution in [0.4, 0.5) is 0 Å². The maximum absolute atomic E-state index is 11.3. The fraction of sp³-hybridized carbons (Fsp3) is 0.769. The number of rotatable bonds is 7. The topological polar surface area (TPSA) is 26.3 Å². The van der Waals surface area contributed by atoms with Gasteiger partial charge in [0.05, 0.1) is 6.61 Å². The number of carbonyl (C=O) groups is 1. The number of carbonyl (C=O) groups excluding carboxylic acids is 1. The highest BCUT2D eigenvalue weighted by Crippen LogP contribution is 2.32. The molecule has 0 aromatic carbocycles. The van der Waals surface area contributed by atoms with E-state index in [4.69, 9.17) is 4.74 Å². The highest BCUT2D eigenvalue weighted by molar-refractivity contribution is 5.86. The Morgan fingerprint density at radius 2 is 1.80 bits per heavy atom. The lowest BCUT2D eigenvalue weighted by atomic mass is 9.79. The summed E-state index contributed by atoms with van der Waals surface area (Å²) in [6.07, 6.45) is 4.36. The number of hydrogen-bond acceptors (Lipinski definition) is 2. The molecule has 0 N–H and O–H groups in total. The first-order valence-corrected chi connectivity index (χ1v) is 5.84. The summed E-state index contributed by atoms with van der Waals surface area (Å²) in [7, 11) is 0. The van der Waals surface area contributed by atoms with E-state index in [-0.39, 0.29) is 11.4 Å². The van der Waals surface area contributed by atoms with Crippen molar-refractivity contribution in [3.63, 3.8) is 0 Å². The molecule has 15 heavy (non-hydrogen) atoms. The van der Waals surface area contributed by atoms with Gasteiger partial charge in [-0.3, -0.25) is 0 Å². The van der Waals surface area contributed by atoms with Gasteiger partial charge in [0.1, 0.15) is 0 Å². The maximum atomic E-state index is 11.3. The van der Waals surface area contributed by atoms with Crippen molar-refractivity contribution in [3.05, 3.63) is 12.2 Å². The Labute approximate surface area is 93.7 Å². The molecule has 0 amide bonds. The molecule has 0 aromatic rings. The highest BCUT2D eigenvalue weighted by atomic mass is 16.5. The summed E-state index contributed by atoms with van der Waals surface area (Å²) in [4.78, 5) is 11.3. The molecule has 0 aliphatic heterocycles. The second-order valence-electron chi connectivity index (χ2n) is 4.31. The molecule has 0 unspecified atom stereocenters. The molecule has 0 fully saturated rings. The molecule has 0 rings (SSSR count). The Hall–Kier alpha value is -0.790. The third-order valence-electron chi connectivity index (χ3n) is 3.14. The zero-order chi connectivity index (χ0) is 11.9. The average molecular weight is 212 g/mol. The number of ether oxygens (including phenoxy) is 1. The van der Waals surface area contributed by atoms with E-state index in [9.17, 15) is 4.79 Å². The first-order valence-electron chi connectivity index (χ1n) is 5.84. The minimum Gasteiger partial charge on any atom is -0.462 e. The first-order chi connectivity index (χ1) is 7.01. The lowest BCUT2D eigenvalue weighted by Gasteiger charge is -2.30. The number of esters is 1. The molecule has 0 aliphatic rings. The van der Waals surface area contributed by atoms with Crippen molar-refractivity contribution < 1.29 is 9.53 Å². The smallest absolute Gasteiger partial charge is 0.333 e. The Morgan fingerprint density at radius 3 is 2.13 bits per heavy atom. The average Bonchev–Trinajstić information content (AvgIpc) is 2.23. The van der Waals surface area contributed by atoms with Crippen molar-refractivity contribution in [1.82, 2.24) is 0 Å². The van der Waals surface area contributed by atoms with E-state index in [1.807, 2.05) is 0 Å². The first kappa shape index (κ1) is 14.2. The van der Waals surface area contributed by atoms with Crippen molar-refractivity contribution in [2.75, 3.05) is 6.61 Å². The monoisotopic (exact) mass is 212 g/mol. The van der Waals surface area contributed by atoms with Crippen molar-refractivity contribution in [3.8, 4) is 0 Å². The maximum Gasteiger partial charge on any atom is 0.333 e. The van der Waals surface area contributed by atoms with Crippen LogP contribution >= 0.6 is 0 Å². The van der Waals surface area contributed by atoms with Gasteiger partial charge in [-0.1, -0.05) is 33.8 Å². The summed E-state index contributed by atoms with van der Waals surface area (Å²) in [5, 5.41) is 0. The van der Waals surface area contributed by atoms with Crippen LogP contribution in [0.25, 0.3) is 0 Å². The van der Waals surface area contributed by atoms with Crippen LogP contribution in [0.1, 0.15) is 53.4 Å². The summed E-state index contributed by atoms with van der Waals surface area (Å²) in [6.45, 7) is 12.3.